The molecule has 418 valence electrons. The minimum Gasteiger partial charge on any atom is -0.453 e. The van der Waals surface area contributed by atoms with Gasteiger partial charge in [-0.1, -0.05) is 52.0 Å². The number of aryl methyl sites for hydroxylation is 1. The van der Waals surface area contributed by atoms with Gasteiger partial charge in [0.15, 0.2) is 11.6 Å². The summed E-state index contributed by atoms with van der Waals surface area (Å²) in [7, 11) is 2.48. The lowest BCUT2D eigenvalue weighted by atomic mass is 9.74. The van der Waals surface area contributed by atoms with Crippen molar-refractivity contribution < 1.29 is 46.2 Å². The number of methoxy groups -OCH3 is 2. The molecule has 4 aromatic carbocycles. The smallest absolute Gasteiger partial charge is 0.407 e. The van der Waals surface area contributed by atoms with Crippen LogP contribution in [0.2, 0.25) is 0 Å². The molecule has 79 heavy (non-hydrogen) atoms. The Morgan fingerprint density at radius 1 is 0.646 bits per heavy atom. The minimum absolute atomic E-state index is 0.0378. The van der Waals surface area contributed by atoms with Crippen molar-refractivity contribution in [2.24, 2.45) is 11.8 Å². The fourth-order valence-corrected chi connectivity index (χ4v) is 13.8. The first-order valence-electron chi connectivity index (χ1n) is 27.9. The number of imidazole rings is 1. The van der Waals surface area contributed by atoms with Crippen LogP contribution in [0.25, 0.3) is 21.9 Å². The number of carbonyl (C=O) groups is 4. The molecular formula is C60H69F4N9O6. The van der Waals surface area contributed by atoms with Crippen LogP contribution < -0.4 is 20.4 Å². The molecule has 4 aliphatic heterocycles. The molecule has 6 atom stereocenters. The maximum Gasteiger partial charge on any atom is 0.407 e. The van der Waals surface area contributed by atoms with Crippen molar-refractivity contribution in [3.05, 3.63) is 124 Å². The lowest BCUT2D eigenvalue weighted by molar-refractivity contribution is -0.136. The topological polar surface area (TPSA) is 168 Å². The predicted octanol–water partition coefficient (Wildman–Crippen LogP) is 11.3. The Bertz CT molecular complexity index is 3160. The average Bonchev–Trinajstić information content (AvgIpc) is 4.43. The molecule has 2 aromatic heterocycles. The molecule has 6 heterocycles. The molecule has 0 bridgehead atoms. The zero-order valence-electron chi connectivity index (χ0n) is 45.6. The molecule has 4 amide bonds. The number of hydrogen-bond acceptors (Lipinski definition) is 9. The molecule has 1 spiro atoms. The van der Waals surface area contributed by atoms with E-state index in [1.807, 2.05) is 33.8 Å². The highest BCUT2D eigenvalue weighted by Crippen LogP contribution is 2.52. The van der Waals surface area contributed by atoms with Gasteiger partial charge in [-0.05, 0) is 129 Å². The number of amides is 4. The number of benzene rings is 4. The zero-order valence-corrected chi connectivity index (χ0v) is 45.6. The summed E-state index contributed by atoms with van der Waals surface area (Å²) in [6, 6.07) is 14.9. The van der Waals surface area contributed by atoms with Crippen LogP contribution in [0.15, 0.2) is 66.7 Å². The highest BCUT2D eigenvalue weighted by atomic mass is 19.1. The van der Waals surface area contributed by atoms with Gasteiger partial charge >= 0.3 is 12.2 Å². The first-order chi connectivity index (χ1) is 38.0. The molecule has 6 aromatic rings. The van der Waals surface area contributed by atoms with Gasteiger partial charge in [0, 0.05) is 65.7 Å². The predicted molar refractivity (Wildman–Crippen MR) is 291 cm³/mol. The van der Waals surface area contributed by atoms with E-state index in [4.69, 9.17) is 14.5 Å². The number of fused-ring (bicyclic) bond motifs is 4. The van der Waals surface area contributed by atoms with Crippen molar-refractivity contribution in [3.63, 3.8) is 0 Å². The number of alkyl carbamates (subject to hydrolysis) is 2. The van der Waals surface area contributed by atoms with Gasteiger partial charge in [0.25, 0.3) is 0 Å². The summed E-state index contributed by atoms with van der Waals surface area (Å²) < 4.78 is 77.8. The standard InChI is InChI=1S/C60H69F4N9O6/c1-32(2)52(68-58(76)78-5)56(74)71-21-9-13-50(71)47-26-35-25-37(40(61)30-44(35)65-47)48-15-16-49(73(48)36-27-42(63)54(43(64)28-36)70-23-19-60(20-24-70)18-17-34-11-7-8-12-39(34)60)38-29-45-46(31-41(38)62)67-55(66-45)51-14-10-22-72(51)57(75)53(33(3)4)69-59(77)79-6/h7-8,11-12,25-33,48-53,65H,9-10,13-24H2,1-6H3,(H,66,67)(H,68,76)(H,69,77)/t48-,49-,50+,51+,52+,53+/m1/s1. The van der Waals surface area contributed by atoms with Gasteiger partial charge in [0.2, 0.25) is 11.8 Å². The monoisotopic (exact) mass is 1090 g/mol. The molecule has 4 saturated heterocycles. The van der Waals surface area contributed by atoms with E-state index in [-0.39, 0.29) is 64.0 Å². The van der Waals surface area contributed by atoms with Crippen LogP contribution in [0, 0.1) is 35.1 Å². The number of hydrogen-bond donors (Lipinski definition) is 4. The molecule has 11 rings (SSSR count). The van der Waals surface area contributed by atoms with Crippen LogP contribution in [-0.2, 0) is 30.9 Å². The van der Waals surface area contributed by atoms with E-state index in [0.717, 1.165) is 25.7 Å². The molecule has 5 aliphatic rings. The van der Waals surface area contributed by atoms with Crippen molar-refractivity contribution in [2.45, 2.75) is 134 Å². The number of nitrogens with zero attached hydrogens (tertiary/aromatic N) is 5. The number of nitrogens with one attached hydrogen (secondary N) is 4. The molecule has 0 radical (unpaired) electrons. The SMILES string of the molecule is COC(=O)N[C@H](C(=O)N1CCC[C@H]1c1cc2cc([C@H]3CC[C@H](c4cc5[nH]c([C@@H]6CCCN6C(=O)[C@@H](NC(=O)OC)C(C)C)nc5cc4F)N3c3cc(F)c(N4CCC5(CCc6ccccc65)CC4)c(F)c3)c(F)cc2[nH]1)C(C)C. The second kappa shape index (κ2) is 21.4. The number of aromatic nitrogens is 3. The van der Waals surface area contributed by atoms with Crippen molar-refractivity contribution >= 4 is 57.3 Å². The maximum absolute atomic E-state index is 17.1. The first-order valence-corrected chi connectivity index (χ1v) is 27.9. The molecule has 0 unspecified atom stereocenters. The van der Waals surface area contributed by atoms with Gasteiger partial charge in [-0.3, -0.25) is 9.59 Å². The average molecular weight is 1090 g/mol. The minimum atomic E-state index is -0.854. The van der Waals surface area contributed by atoms with Crippen LogP contribution in [0.3, 0.4) is 0 Å². The van der Waals surface area contributed by atoms with Gasteiger partial charge in [0.1, 0.15) is 35.2 Å². The largest absolute Gasteiger partial charge is 0.453 e. The third kappa shape index (κ3) is 9.78. The van der Waals surface area contributed by atoms with E-state index in [0.29, 0.717) is 91.7 Å². The lowest BCUT2D eigenvalue weighted by Crippen LogP contribution is -2.51. The summed E-state index contributed by atoms with van der Waals surface area (Å²) >= 11 is 0. The number of rotatable bonds is 12. The summed E-state index contributed by atoms with van der Waals surface area (Å²) in [5.41, 5.74) is 5.08. The molecule has 0 saturated carbocycles. The van der Waals surface area contributed by atoms with Gasteiger partial charge in [-0.15, -0.1) is 0 Å². The van der Waals surface area contributed by atoms with Crippen molar-refractivity contribution in [2.75, 3.05) is 50.2 Å². The molecule has 15 nitrogen and oxygen atoms in total. The molecule has 4 fully saturated rings. The van der Waals surface area contributed by atoms with Crippen LogP contribution in [0.1, 0.15) is 143 Å². The van der Waals surface area contributed by atoms with Gasteiger partial charge < -0.3 is 49.7 Å². The third-order valence-corrected chi connectivity index (χ3v) is 17.8. The Kier molecular flexibility index (Phi) is 14.5. The number of anilines is 2. The summed E-state index contributed by atoms with van der Waals surface area (Å²) in [5, 5.41) is 6.00. The van der Waals surface area contributed by atoms with E-state index in [1.165, 1.54) is 49.6 Å². The van der Waals surface area contributed by atoms with E-state index in [9.17, 15) is 19.2 Å². The summed E-state index contributed by atoms with van der Waals surface area (Å²) in [4.78, 5) is 71.0. The number of halogens is 4. The fraction of sp³-hybridized carbons (Fsp3) is 0.483. The second-order valence-electron chi connectivity index (χ2n) is 23.0. The summed E-state index contributed by atoms with van der Waals surface area (Å²) in [6.45, 7) is 9.15. The Balaban J connectivity index is 0.936. The number of likely N-dealkylation sites (tertiary alicyclic amines) is 2. The van der Waals surface area contributed by atoms with Crippen molar-refractivity contribution in [1.29, 1.82) is 0 Å². The fourth-order valence-electron chi connectivity index (χ4n) is 13.8. The highest BCUT2D eigenvalue weighted by molar-refractivity contribution is 5.88. The number of aromatic amines is 2. The molecule has 19 heteroatoms. The van der Waals surface area contributed by atoms with Gasteiger partial charge in [-0.25, -0.2) is 32.1 Å². The van der Waals surface area contributed by atoms with Crippen molar-refractivity contribution in [1.82, 2.24) is 35.4 Å². The normalized spacial score (nSPS) is 21.7. The van der Waals surface area contributed by atoms with E-state index >= 15 is 17.6 Å². The Morgan fingerprint density at radius 3 is 1.85 bits per heavy atom. The van der Waals surface area contributed by atoms with Crippen LogP contribution in [0.4, 0.5) is 38.5 Å². The van der Waals surface area contributed by atoms with Gasteiger partial charge in [-0.2, -0.15) is 0 Å². The van der Waals surface area contributed by atoms with Crippen molar-refractivity contribution in [3.8, 4) is 0 Å². The maximum atomic E-state index is 17.1. The number of carbonyl (C=O) groups excluding carboxylic acids is 4. The van der Waals surface area contributed by atoms with E-state index in [1.54, 1.807) is 31.7 Å². The quantitative estimate of drug-likeness (QED) is 0.0872. The highest BCUT2D eigenvalue weighted by Gasteiger charge is 2.44. The first kappa shape index (κ1) is 53.7. The summed E-state index contributed by atoms with van der Waals surface area (Å²) in [6.07, 6.45) is 5.22. The Morgan fingerprint density at radius 2 is 1.23 bits per heavy atom. The van der Waals surface area contributed by atoms with E-state index in [2.05, 4.69) is 44.9 Å². The molecule has 1 aliphatic carbocycles. The number of piperidine rings is 1. The molecular weight excluding hydrogens is 1020 g/mol. The lowest BCUT2D eigenvalue weighted by Gasteiger charge is -2.41. The van der Waals surface area contributed by atoms with Crippen LogP contribution in [0.5, 0.6) is 0 Å². The Labute approximate surface area is 456 Å². The number of H-pyrrole nitrogens is 2. The number of ether oxygens (including phenoxy) is 2. The summed E-state index contributed by atoms with van der Waals surface area (Å²) in [5.74, 6) is -3.30. The third-order valence-electron chi connectivity index (χ3n) is 17.8. The molecule has 4 N–H and O–H groups in total. The van der Waals surface area contributed by atoms with Crippen LogP contribution in [-0.4, -0.2) is 101 Å². The second-order valence-corrected chi connectivity index (χ2v) is 23.0. The van der Waals surface area contributed by atoms with E-state index < -0.39 is 65.7 Å². The van der Waals surface area contributed by atoms with Crippen LogP contribution >= 0.6 is 0 Å². The Hall–Kier alpha value is -7.31. The zero-order chi connectivity index (χ0) is 55.6. The van der Waals surface area contributed by atoms with Gasteiger partial charge in [0.05, 0.1) is 49.4 Å².